The third kappa shape index (κ3) is 7.59. The molecule has 2 amide bonds. The van der Waals surface area contributed by atoms with E-state index in [1.165, 1.54) is 19.0 Å². The van der Waals surface area contributed by atoms with Gasteiger partial charge < -0.3 is 10.2 Å². The Balaban J connectivity index is 2.51. The molecule has 0 aromatic heterocycles. The second-order valence-electron chi connectivity index (χ2n) is 8.63. The largest absolute Gasteiger partial charge is 0.352 e. The zero-order valence-corrected chi connectivity index (χ0v) is 23.6. The molecule has 198 valence electrons. The number of anilines is 1. The van der Waals surface area contributed by atoms with Crippen LogP contribution in [0.15, 0.2) is 48.5 Å². The number of amides is 2. The van der Waals surface area contributed by atoms with Crippen LogP contribution in [0.2, 0.25) is 10.0 Å². The highest BCUT2D eigenvalue weighted by molar-refractivity contribution is 7.90. The fourth-order valence-corrected chi connectivity index (χ4v) is 5.03. The van der Waals surface area contributed by atoms with Crippen LogP contribution in [0.1, 0.15) is 39.2 Å². The van der Waals surface area contributed by atoms with Crippen LogP contribution in [0.5, 0.6) is 0 Å². The molecule has 36 heavy (non-hydrogen) atoms. The smallest absolute Gasteiger partial charge is 0.304 e. The lowest BCUT2D eigenvalue weighted by molar-refractivity contribution is -0.140. The van der Waals surface area contributed by atoms with Crippen molar-refractivity contribution < 1.29 is 18.0 Å². The summed E-state index contributed by atoms with van der Waals surface area (Å²) in [5.41, 5.74) is 0.923. The number of hydrogen-bond donors (Lipinski definition) is 1. The molecule has 0 heterocycles. The number of hydrogen-bond acceptors (Lipinski definition) is 4. The van der Waals surface area contributed by atoms with Gasteiger partial charge in [0.05, 0.1) is 5.69 Å². The van der Waals surface area contributed by atoms with Crippen LogP contribution in [0, 0.1) is 0 Å². The standard InChI is InChI=1S/C25H34Cl2N4O4S/c1-6-18(3)28-25(33)23(7-2)30(16-19-13-14-20(26)15-22(19)27)24(32)17-31(36(34,35)29(4)5)21-11-9-8-10-12-21/h8-15,18,23H,6-7,16-17H2,1-5H3,(H,28,33)/t18-,23+/m1/s1. The van der Waals surface area contributed by atoms with E-state index in [0.717, 1.165) is 15.0 Å². The van der Waals surface area contributed by atoms with Gasteiger partial charge in [0.15, 0.2) is 0 Å². The molecule has 0 aliphatic heterocycles. The molecule has 11 heteroatoms. The van der Waals surface area contributed by atoms with E-state index in [1.807, 2.05) is 13.8 Å². The number of halogens is 2. The van der Waals surface area contributed by atoms with Gasteiger partial charge in [0, 0.05) is 36.7 Å². The van der Waals surface area contributed by atoms with Gasteiger partial charge in [-0.3, -0.25) is 9.59 Å². The minimum absolute atomic E-state index is 0.00586. The predicted molar refractivity (Wildman–Crippen MR) is 145 cm³/mol. The van der Waals surface area contributed by atoms with Gasteiger partial charge in [-0.25, -0.2) is 4.31 Å². The molecule has 0 unspecified atom stereocenters. The normalized spacial score (nSPS) is 13.2. The second kappa shape index (κ2) is 13.3. The van der Waals surface area contributed by atoms with E-state index in [4.69, 9.17) is 23.2 Å². The van der Waals surface area contributed by atoms with Crippen LogP contribution in [-0.2, 0) is 26.3 Å². The van der Waals surface area contributed by atoms with Crippen LogP contribution in [0.4, 0.5) is 5.69 Å². The number of carbonyl (C=O) groups is 2. The Morgan fingerprint density at radius 2 is 1.64 bits per heavy atom. The van der Waals surface area contributed by atoms with E-state index in [1.54, 1.807) is 55.5 Å². The summed E-state index contributed by atoms with van der Waals surface area (Å²) in [7, 11) is -1.21. The van der Waals surface area contributed by atoms with Crippen molar-refractivity contribution in [3.05, 3.63) is 64.1 Å². The van der Waals surface area contributed by atoms with Crippen LogP contribution in [-0.4, -0.2) is 62.2 Å². The molecule has 0 saturated heterocycles. The number of benzene rings is 2. The van der Waals surface area contributed by atoms with Gasteiger partial charge in [-0.05, 0) is 49.6 Å². The average molecular weight is 558 g/mol. The van der Waals surface area contributed by atoms with E-state index in [-0.39, 0.29) is 18.5 Å². The van der Waals surface area contributed by atoms with E-state index >= 15 is 0 Å². The Morgan fingerprint density at radius 1 is 1.00 bits per heavy atom. The Kier molecular flexibility index (Phi) is 11.0. The van der Waals surface area contributed by atoms with Gasteiger partial charge in [-0.1, -0.05) is 61.3 Å². The number of carbonyl (C=O) groups excluding carboxylic acids is 2. The molecule has 0 saturated carbocycles. The summed E-state index contributed by atoms with van der Waals surface area (Å²) in [5.74, 6) is -0.853. The maximum absolute atomic E-state index is 13.8. The van der Waals surface area contributed by atoms with Crippen LogP contribution < -0.4 is 9.62 Å². The van der Waals surface area contributed by atoms with E-state index in [2.05, 4.69) is 5.32 Å². The predicted octanol–water partition coefficient (Wildman–Crippen LogP) is 4.33. The van der Waals surface area contributed by atoms with Crippen molar-refractivity contribution in [2.45, 2.75) is 52.2 Å². The van der Waals surface area contributed by atoms with Gasteiger partial charge in [-0.2, -0.15) is 12.7 Å². The molecule has 0 radical (unpaired) electrons. The van der Waals surface area contributed by atoms with Gasteiger partial charge in [0.2, 0.25) is 11.8 Å². The lowest BCUT2D eigenvalue weighted by Crippen LogP contribution is -2.54. The molecular formula is C25H34Cl2N4O4S. The summed E-state index contributed by atoms with van der Waals surface area (Å²) >= 11 is 12.4. The Morgan fingerprint density at radius 3 is 2.17 bits per heavy atom. The van der Waals surface area contributed by atoms with Crippen molar-refractivity contribution in [1.29, 1.82) is 0 Å². The molecule has 2 atom stereocenters. The monoisotopic (exact) mass is 556 g/mol. The molecule has 2 rings (SSSR count). The van der Waals surface area contributed by atoms with Gasteiger partial charge >= 0.3 is 10.2 Å². The summed E-state index contributed by atoms with van der Waals surface area (Å²) in [6.45, 7) is 5.14. The average Bonchev–Trinajstić information content (AvgIpc) is 2.83. The highest BCUT2D eigenvalue weighted by Gasteiger charge is 2.34. The molecule has 0 aliphatic carbocycles. The van der Waals surface area contributed by atoms with E-state index in [9.17, 15) is 18.0 Å². The number of rotatable bonds is 12. The Labute approximate surface area is 224 Å². The second-order valence-corrected chi connectivity index (χ2v) is 11.5. The summed E-state index contributed by atoms with van der Waals surface area (Å²) in [6, 6.07) is 12.4. The summed E-state index contributed by atoms with van der Waals surface area (Å²) < 4.78 is 28.4. The van der Waals surface area contributed by atoms with Crippen molar-refractivity contribution in [3.8, 4) is 0 Å². The zero-order chi connectivity index (χ0) is 27.0. The Hall–Kier alpha value is -2.33. The third-order valence-electron chi connectivity index (χ3n) is 5.81. The number of para-hydroxylation sites is 1. The first-order chi connectivity index (χ1) is 16.9. The lowest BCUT2D eigenvalue weighted by Gasteiger charge is -2.34. The first kappa shape index (κ1) is 29.9. The van der Waals surface area contributed by atoms with Gasteiger partial charge in [-0.15, -0.1) is 0 Å². The maximum Gasteiger partial charge on any atom is 0.304 e. The fourth-order valence-electron chi connectivity index (χ4n) is 3.51. The van der Waals surface area contributed by atoms with Crippen LogP contribution >= 0.6 is 23.2 Å². The van der Waals surface area contributed by atoms with Crippen molar-refractivity contribution >= 4 is 50.9 Å². The Bertz CT molecular complexity index is 1150. The molecule has 0 aliphatic rings. The first-order valence-electron chi connectivity index (χ1n) is 11.7. The van der Waals surface area contributed by atoms with Crippen LogP contribution in [0.3, 0.4) is 0 Å². The molecule has 0 bridgehead atoms. The molecule has 0 spiro atoms. The molecule has 2 aromatic rings. The van der Waals surface area contributed by atoms with Gasteiger partial charge in [0.25, 0.3) is 0 Å². The maximum atomic E-state index is 13.8. The summed E-state index contributed by atoms with van der Waals surface area (Å²) in [4.78, 5) is 28.4. The van der Waals surface area contributed by atoms with Crippen molar-refractivity contribution in [2.75, 3.05) is 24.9 Å². The zero-order valence-electron chi connectivity index (χ0n) is 21.2. The third-order valence-corrected chi connectivity index (χ3v) is 8.21. The molecule has 1 N–H and O–H groups in total. The molecule has 8 nitrogen and oxygen atoms in total. The minimum atomic E-state index is -4.01. The van der Waals surface area contributed by atoms with E-state index < -0.39 is 28.7 Å². The van der Waals surface area contributed by atoms with E-state index in [0.29, 0.717) is 27.7 Å². The molecular weight excluding hydrogens is 523 g/mol. The van der Waals surface area contributed by atoms with Crippen LogP contribution in [0.25, 0.3) is 0 Å². The summed E-state index contributed by atoms with van der Waals surface area (Å²) in [5, 5.41) is 3.72. The molecule has 0 fully saturated rings. The number of nitrogens with one attached hydrogen (secondary N) is 1. The highest BCUT2D eigenvalue weighted by atomic mass is 35.5. The first-order valence-corrected chi connectivity index (χ1v) is 13.9. The highest BCUT2D eigenvalue weighted by Crippen LogP contribution is 2.25. The van der Waals surface area contributed by atoms with Gasteiger partial charge in [0.1, 0.15) is 12.6 Å². The van der Waals surface area contributed by atoms with Crippen molar-refractivity contribution in [2.24, 2.45) is 0 Å². The quantitative estimate of drug-likeness (QED) is 0.421. The SMILES string of the molecule is CC[C@@H](C)NC(=O)[C@H](CC)N(Cc1ccc(Cl)cc1Cl)C(=O)CN(c1ccccc1)S(=O)(=O)N(C)C. The fraction of sp³-hybridized carbons (Fsp3) is 0.440. The molecule has 2 aromatic carbocycles. The summed E-state index contributed by atoms with van der Waals surface area (Å²) in [6.07, 6.45) is 1.05. The van der Waals surface area contributed by atoms with Crippen molar-refractivity contribution in [3.63, 3.8) is 0 Å². The van der Waals surface area contributed by atoms with Crippen molar-refractivity contribution in [1.82, 2.24) is 14.5 Å². The topological polar surface area (TPSA) is 90.0 Å². The minimum Gasteiger partial charge on any atom is -0.352 e. The lowest BCUT2D eigenvalue weighted by atomic mass is 10.1. The number of nitrogens with zero attached hydrogens (tertiary/aromatic N) is 3.